The molecule has 3 amide bonds. The number of likely N-dealkylation sites (tertiary alicyclic amines) is 1. The highest BCUT2D eigenvalue weighted by Gasteiger charge is 2.78. The van der Waals surface area contributed by atoms with Gasteiger partial charge in [-0.15, -0.1) is 24.9 Å². The lowest BCUT2D eigenvalue weighted by atomic mass is 9.66. The number of aliphatic hydroxyl groups excluding tert-OH is 1. The Morgan fingerprint density at radius 1 is 1.15 bits per heavy atom. The molecule has 1 spiro atoms. The number of carbonyl (C=O) groups is 3. The molecule has 3 aliphatic rings. The summed E-state index contributed by atoms with van der Waals surface area (Å²) in [6, 6.07) is 4.61. The van der Waals surface area contributed by atoms with Gasteiger partial charge in [0, 0.05) is 30.1 Å². The molecule has 41 heavy (non-hydrogen) atoms. The number of fused-ring (bicyclic) bond motifs is 1. The molecular formula is C33H47N3O4S. The fraction of sp³-hybridized carbons (Fsp3) is 0.606. The maximum atomic E-state index is 15.0. The van der Waals surface area contributed by atoms with E-state index >= 15 is 0 Å². The van der Waals surface area contributed by atoms with E-state index in [2.05, 4.69) is 20.1 Å². The monoisotopic (exact) mass is 581 g/mol. The predicted octanol–water partition coefficient (Wildman–Crippen LogP) is 4.75. The van der Waals surface area contributed by atoms with Crippen molar-refractivity contribution in [3.05, 3.63) is 54.6 Å². The van der Waals surface area contributed by atoms with E-state index in [4.69, 9.17) is 0 Å². The number of anilines is 1. The zero-order chi connectivity index (χ0) is 30.3. The van der Waals surface area contributed by atoms with Crippen LogP contribution in [0.25, 0.3) is 0 Å². The molecule has 6 atom stereocenters. The maximum absolute atomic E-state index is 15.0. The van der Waals surface area contributed by atoms with Crippen molar-refractivity contribution in [3.8, 4) is 0 Å². The van der Waals surface area contributed by atoms with Crippen molar-refractivity contribution in [2.75, 3.05) is 31.1 Å². The molecule has 0 saturated carbocycles. The molecule has 0 aromatic heterocycles. The van der Waals surface area contributed by atoms with Crippen LogP contribution in [0.2, 0.25) is 0 Å². The second-order valence-corrected chi connectivity index (χ2v) is 14.4. The molecule has 4 rings (SSSR count). The van der Waals surface area contributed by atoms with Crippen molar-refractivity contribution in [2.45, 2.75) is 82.4 Å². The Morgan fingerprint density at radius 3 is 2.32 bits per heavy atom. The van der Waals surface area contributed by atoms with Crippen LogP contribution < -0.4 is 4.90 Å². The lowest BCUT2D eigenvalue weighted by molar-refractivity contribution is -0.147. The lowest BCUT2D eigenvalue weighted by Crippen LogP contribution is -2.58. The van der Waals surface area contributed by atoms with E-state index in [9.17, 15) is 19.5 Å². The molecule has 2 bridgehead atoms. The summed E-state index contributed by atoms with van der Waals surface area (Å²) in [4.78, 5) is 49.1. The summed E-state index contributed by atoms with van der Waals surface area (Å²) in [6.07, 6.45) is 5.68. The van der Waals surface area contributed by atoms with Gasteiger partial charge >= 0.3 is 0 Å². The largest absolute Gasteiger partial charge is 0.394 e. The topological polar surface area (TPSA) is 81.2 Å². The van der Waals surface area contributed by atoms with E-state index < -0.39 is 33.4 Å². The summed E-state index contributed by atoms with van der Waals surface area (Å²) in [5.74, 6) is -1.63. The number of rotatable bonds is 12. The number of nitrogens with zero attached hydrogens (tertiary/aromatic N) is 3. The van der Waals surface area contributed by atoms with Crippen LogP contribution in [0.1, 0.15) is 58.1 Å². The second kappa shape index (κ2) is 12.0. The first-order valence-electron chi connectivity index (χ1n) is 14.9. The number of carbonyl (C=O) groups excluding carboxylic acids is 3. The SMILES string of the molecule is C=CCN(CCC)C(=O)[C@H]1[C@H]2C(=O)N([C@@H](CO)C(C)C)C(C(=O)N(CC=C)c3c(C)cccc3C)C23CC[C@]1(C)S3. The first kappa shape index (κ1) is 31.4. The van der Waals surface area contributed by atoms with Crippen molar-refractivity contribution in [1.82, 2.24) is 9.80 Å². The summed E-state index contributed by atoms with van der Waals surface area (Å²) in [5.41, 5.74) is 2.76. The zero-order valence-corrected chi connectivity index (χ0v) is 26.4. The van der Waals surface area contributed by atoms with Crippen molar-refractivity contribution in [2.24, 2.45) is 17.8 Å². The van der Waals surface area contributed by atoms with E-state index in [0.29, 0.717) is 26.1 Å². The van der Waals surface area contributed by atoms with Crippen LogP contribution in [0.15, 0.2) is 43.5 Å². The van der Waals surface area contributed by atoms with E-state index in [1.165, 1.54) is 0 Å². The molecule has 1 aromatic carbocycles. The molecule has 7 nitrogen and oxygen atoms in total. The van der Waals surface area contributed by atoms with Crippen molar-refractivity contribution < 1.29 is 19.5 Å². The molecular weight excluding hydrogens is 534 g/mol. The number of benzene rings is 1. The summed E-state index contributed by atoms with van der Waals surface area (Å²) in [5, 5.41) is 10.6. The number of aliphatic hydroxyl groups is 1. The van der Waals surface area contributed by atoms with Gasteiger partial charge in [0.1, 0.15) is 6.04 Å². The van der Waals surface area contributed by atoms with E-state index in [-0.39, 0.29) is 30.2 Å². The zero-order valence-electron chi connectivity index (χ0n) is 25.6. The molecule has 3 fully saturated rings. The van der Waals surface area contributed by atoms with Crippen molar-refractivity contribution in [3.63, 3.8) is 0 Å². The van der Waals surface area contributed by atoms with Crippen LogP contribution in [-0.4, -0.2) is 80.4 Å². The van der Waals surface area contributed by atoms with E-state index in [0.717, 1.165) is 29.7 Å². The van der Waals surface area contributed by atoms with Gasteiger partial charge in [0.05, 0.1) is 29.2 Å². The number of hydrogen-bond acceptors (Lipinski definition) is 5. The molecule has 1 N–H and O–H groups in total. The Balaban J connectivity index is 1.89. The first-order chi connectivity index (χ1) is 19.4. The molecule has 224 valence electrons. The number of para-hydroxylation sites is 1. The standard InChI is InChI=1S/C33H47N3O4S/c1-9-17-34(18-10-2)29(38)25-26-30(39)36(24(20-37)21(4)5)28(33(26)16-15-32(25,8)41-33)31(40)35(19-11-3)27-22(6)13-12-14-23(27)7/h9,11-14,21,24-26,28,37H,1,3,10,15-20H2,2,4-8H3/t24-,25+,26-,28?,32-,33?/m0/s1. The van der Waals surface area contributed by atoms with Crippen molar-refractivity contribution in [1.29, 1.82) is 0 Å². The van der Waals surface area contributed by atoms with Gasteiger partial charge in [-0.05, 0) is 57.1 Å². The molecule has 0 radical (unpaired) electrons. The van der Waals surface area contributed by atoms with Gasteiger partial charge in [0.15, 0.2) is 0 Å². The van der Waals surface area contributed by atoms with Crippen LogP contribution >= 0.6 is 11.8 Å². The highest BCUT2D eigenvalue weighted by Crippen LogP contribution is 2.72. The minimum atomic E-state index is -0.804. The highest BCUT2D eigenvalue weighted by atomic mass is 32.2. The Hall–Kier alpha value is -2.58. The fourth-order valence-corrected chi connectivity index (χ4v) is 10.0. The Bertz CT molecular complexity index is 1200. The molecule has 3 saturated heterocycles. The van der Waals surface area contributed by atoms with Gasteiger partial charge in [0.25, 0.3) is 5.91 Å². The Morgan fingerprint density at radius 2 is 1.78 bits per heavy atom. The molecule has 3 heterocycles. The average molecular weight is 582 g/mol. The van der Waals surface area contributed by atoms with E-state index in [1.54, 1.807) is 33.7 Å². The van der Waals surface area contributed by atoms with Gasteiger partial charge < -0.3 is 19.8 Å². The molecule has 2 unspecified atom stereocenters. The smallest absolute Gasteiger partial charge is 0.251 e. The predicted molar refractivity (Wildman–Crippen MR) is 167 cm³/mol. The Labute approximate surface area is 250 Å². The normalized spacial score (nSPS) is 29.0. The highest BCUT2D eigenvalue weighted by molar-refractivity contribution is 8.02. The summed E-state index contributed by atoms with van der Waals surface area (Å²) >= 11 is 1.67. The molecule has 8 heteroatoms. The quantitative estimate of drug-likeness (QED) is 0.361. The van der Waals surface area contributed by atoms with Crippen LogP contribution in [0, 0.1) is 31.6 Å². The van der Waals surface area contributed by atoms with Crippen LogP contribution in [0.5, 0.6) is 0 Å². The van der Waals surface area contributed by atoms with Crippen molar-refractivity contribution >= 4 is 35.2 Å². The van der Waals surface area contributed by atoms with Gasteiger partial charge in [0.2, 0.25) is 11.8 Å². The average Bonchev–Trinajstić information content (AvgIpc) is 3.48. The summed E-state index contributed by atoms with van der Waals surface area (Å²) < 4.78 is -1.21. The summed E-state index contributed by atoms with van der Waals surface area (Å²) in [6.45, 7) is 20.9. The number of thioether (sulfide) groups is 1. The molecule has 3 aliphatic heterocycles. The lowest BCUT2D eigenvalue weighted by Gasteiger charge is -2.41. The van der Waals surface area contributed by atoms with Gasteiger partial charge in [-0.25, -0.2) is 0 Å². The number of hydrogen-bond donors (Lipinski definition) is 1. The Kier molecular flexibility index (Phi) is 9.15. The minimum absolute atomic E-state index is 0.0301. The third-order valence-corrected chi connectivity index (χ3v) is 11.5. The third kappa shape index (κ3) is 4.95. The van der Waals surface area contributed by atoms with Crippen LogP contribution in [0.4, 0.5) is 5.69 Å². The third-order valence-electron chi connectivity index (χ3n) is 9.47. The molecule has 1 aromatic rings. The minimum Gasteiger partial charge on any atom is -0.394 e. The van der Waals surface area contributed by atoms with Gasteiger partial charge in [-0.2, -0.15) is 0 Å². The van der Waals surface area contributed by atoms with Gasteiger partial charge in [-0.3, -0.25) is 14.4 Å². The summed E-state index contributed by atoms with van der Waals surface area (Å²) in [7, 11) is 0. The van der Waals surface area contributed by atoms with Crippen LogP contribution in [0.3, 0.4) is 0 Å². The number of aryl methyl sites for hydroxylation is 2. The number of amides is 3. The van der Waals surface area contributed by atoms with E-state index in [1.807, 2.05) is 57.7 Å². The molecule has 0 aliphatic carbocycles. The van der Waals surface area contributed by atoms with Crippen LogP contribution in [-0.2, 0) is 14.4 Å². The first-order valence-corrected chi connectivity index (χ1v) is 15.8. The maximum Gasteiger partial charge on any atom is 0.251 e. The fourth-order valence-electron chi connectivity index (χ4n) is 7.71. The van der Waals surface area contributed by atoms with Gasteiger partial charge in [-0.1, -0.05) is 51.1 Å². The second-order valence-electron chi connectivity index (χ2n) is 12.5.